The molecule has 0 aliphatic rings. The van der Waals surface area contributed by atoms with Crippen LogP contribution in [0.4, 0.5) is 0 Å². The number of para-hydroxylation sites is 1. The zero-order chi connectivity index (χ0) is 21.9. The van der Waals surface area contributed by atoms with Crippen LogP contribution in [0.5, 0.6) is 5.75 Å². The number of fused-ring (bicyclic) bond motifs is 1. The van der Waals surface area contributed by atoms with Gasteiger partial charge in [0.15, 0.2) is 5.96 Å². The molecule has 0 unspecified atom stereocenters. The van der Waals surface area contributed by atoms with Crippen LogP contribution < -0.4 is 15.4 Å². The van der Waals surface area contributed by atoms with Crippen molar-refractivity contribution in [1.82, 2.24) is 15.6 Å². The molecule has 0 spiro atoms. The van der Waals surface area contributed by atoms with E-state index in [1.165, 1.54) is 5.56 Å². The Morgan fingerprint density at radius 2 is 1.90 bits per heavy atom. The van der Waals surface area contributed by atoms with Crippen molar-refractivity contribution in [1.29, 1.82) is 0 Å². The van der Waals surface area contributed by atoms with Crippen molar-refractivity contribution < 1.29 is 9.47 Å². The third kappa shape index (κ3) is 6.69. The number of aromatic nitrogens is 1. The smallest absolute Gasteiger partial charge is 0.191 e. The molecular formula is C25H32N4O2. The highest BCUT2D eigenvalue weighted by Crippen LogP contribution is 2.21. The van der Waals surface area contributed by atoms with E-state index in [2.05, 4.69) is 71.9 Å². The average molecular weight is 421 g/mol. The molecule has 3 rings (SSSR count). The minimum atomic E-state index is 0.531. The molecular weight excluding hydrogens is 388 g/mol. The number of methoxy groups -OCH3 is 1. The van der Waals surface area contributed by atoms with Crippen molar-refractivity contribution in [3.63, 3.8) is 0 Å². The lowest BCUT2D eigenvalue weighted by Gasteiger charge is -2.14. The minimum Gasteiger partial charge on any atom is -0.493 e. The summed E-state index contributed by atoms with van der Waals surface area (Å²) < 4.78 is 11.1. The predicted molar refractivity (Wildman–Crippen MR) is 127 cm³/mol. The Morgan fingerprint density at radius 1 is 1.03 bits per heavy atom. The van der Waals surface area contributed by atoms with E-state index < -0.39 is 0 Å². The van der Waals surface area contributed by atoms with Gasteiger partial charge >= 0.3 is 0 Å². The van der Waals surface area contributed by atoms with E-state index in [9.17, 15) is 0 Å². The Morgan fingerprint density at radius 3 is 2.74 bits per heavy atom. The SMILES string of the molecule is CCNC(=NCc1ccc(C)cc1OCCCOC)NCc1cccc2cccnc12. The molecule has 0 saturated carbocycles. The van der Waals surface area contributed by atoms with Crippen LogP contribution >= 0.6 is 0 Å². The molecule has 0 bridgehead atoms. The van der Waals surface area contributed by atoms with Crippen LogP contribution in [0.15, 0.2) is 59.7 Å². The van der Waals surface area contributed by atoms with E-state index in [0.717, 1.165) is 46.7 Å². The number of nitrogens with one attached hydrogen (secondary N) is 2. The van der Waals surface area contributed by atoms with Gasteiger partial charge in [-0.1, -0.05) is 36.4 Å². The number of rotatable bonds is 10. The van der Waals surface area contributed by atoms with Crippen molar-refractivity contribution in [2.24, 2.45) is 4.99 Å². The molecule has 0 saturated heterocycles. The second-order valence-electron chi connectivity index (χ2n) is 7.35. The van der Waals surface area contributed by atoms with Crippen LogP contribution in [-0.2, 0) is 17.8 Å². The third-order valence-corrected chi connectivity index (χ3v) is 4.89. The quantitative estimate of drug-likeness (QED) is 0.292. The molecule has 2 aromatic carbocycles. The molecule has 31 heavy (non-hydrogen) atoms. The first kappa shape index (κ1) is 22.6. The maximum Gasteiger partial charge on any atom is 0.191 e. The van der Waals surface area contributed by atoms with Gasteiger partial charge in [0.25, 0.3) is 0 Å². The Labute approximate surface area is 184 Å². The largest absolute Gasteiger partial charge is 0.493 e. The summed E-state index contributed by atoms with van der Waals surface area (Å²) in [5.74, 6) is 1.65. The van der Waals surface area contributed by atoms with Crippen LogP contribution in [0.1, 0.15) is 30.0 Å². The van der Waals surface area contributed by atoms with Gasteiger partial charge < -0.3 is 20.1 Å². The van der Waals surface area contributed by atoms with Crippen LogP contribution in [0.2, 0.25) is 0 Å². The average Bonchev–Trinajstić information content (AvgIpc) is 2.79. The molecule has 0 radical (unpaired) electrons. The fourth-order valence-electron chi connectivity index (χ4n) is 3.31. The van der Waals surface area contributed by atoms with E-state index in [1.54, 1.807) is 7.11 Å². The fourth-order valence-corrected chi connectivity index (χ4v) is 3.31. The van der Waals surface area contributed by atoms with Gasteiger partial charge in [0, 0.05) is 50.4 Å². The molecule has 0 fully saturated rings. The topological polar surface area (TPSA) is 67.8 Å². The summed E-state index contributed by atoms with van der Waals surface area (Å²) in [5.41, 5.74) is 4.38. The first-order valence-electron chi connectivity index (χ1n) is 10.8. The fraction of sp³-hybridized carbons (Fsp3) is 0.360. The second kappa shape index (κ2) is 11.9. The number of hydrogen-bond acceptors (Lipinski definition) is 4. The molecule has 3 aromatic rings. The van der Waals surface area contributed by atoms with Crippen LogP contribution in [-0.4, -0.2) is 37.8 Å². The first-order chi connectivity index (χ1) is 15.2. The standard InChI is InChI=1S/C25H32N4O2/c1-4-26-25(29-18-22-9-5-8-20-10-6-13-27-24(20)22)28-17-21-12-11-19(2)16-23(21)31-15-7-14-30-3/h5-6,8-13,16H,4,7,14-15,17-18H2,1-3H3,(H2,26,28,29). The number of nitrogens with zero attached hydrogens (tertiary/aromatic N) is 2. The number of aliphatic imine (C=N–C) groups is 1. The van der Waals surface area contributed by atoms with Crippen LogP contribution in [0.25, 0.3) is 10.9 Å². The highest BCUT2D eigenvalue weighted by atomic mass is 16.5. The van der Waals surface area contributed by atoms with E-state index in [0.29, 0.717) is 26.3 Å². The van der Waals surface area contributed by atoms with Crippen molar-refractivity contribution >= 4 is 16.9 Å². The number of guanidine groups is 1. The molecule has 1 aromatic heterocycles. The lowest BCUT2D eigenvalue weighted by atomic mass is 10.1. The Hall–Kier alpha value is -3.12. The van der Waals surface area contributed by atoms with Crippen molar-refractivity contribution in [3.8, 4) is 5.75 Å². The van der Waals surface area contributed by atoms with E-state index >= 15 is 0 Å². The van der Waals surface area contributed by atoms with Gasteiger partial charge in [-0.15, -0.1) is 0 Å². The zero-order valence-electron chi connectivity index (χ0n) is 18.6. The summed E-state index contributed by atoms with van der Waals surface area (Å²) in [6.07, 6.45) is 2.69. The Balaban J connectivity index is 1.69. The Bertz CT molecular complexity index is 998. The minimum absolute atomic E-state index is 0.531. The summed E-state index contributed by atoms with van der Waals surface area (Å²) in [5, 5.41) is 7.89. The molecule has 0 aliphatic carbocycles. The monoisotopic (exact) mass is 420 g/mol. The second-order valence-corrected chi connectivity index (χ2v) is 7.35. The normalized spacial score (nSPS) is 11.5. The molecule has 0 aliphatic heterocycles. The molecule has 6 nitrogen and oxygen atoms in total. The van der Waals surface area contributed by atoms with E-state index in [4.69, 9.17) is 14.5 Å². The first-order valence-corrected chi connectivity index (χ1v) is 10.8. The third-order valence-electron chi connectivity index (χ3n) is 4.89. The number of hydrogen-bond donors (Lipinski definition) is 2. The Kier molecular flexibility index (Phi) is 8.67. The van der Waals surface area contributed by atoms with Crippen molar-refractivity contribution in [2.45, 2.75) is 33.4 Å². The molecule has 1 heterocycles. The summed E-state index contributed by atoms with van der Waals surface area (Å²) in [6.45, 7) is 7.41. The van der Waals surface area contributed by atoms with Crippen molar-refractivity contribution in [2.75, 3.05) is 26.9 Å². The van der Waals surface area contributed by atoms with E-state index in [-0.39, 0.29) is 0 Å². The number of benzene rings is 2. The zero-order valence-corrected chi connectivity index (χ0v) is 18.6. The lowest BCUT2D eigenvalue weighted by Crippen LogP contribution is -2.36. The van der Waals surface area contributed by atoms with Gasteiger partial charge in [-0.25, -0.2) is 4.99 Å². The van der Waals surface area contributed by atoms with Gasteiger partial charge in [0.2, 0.25) is 0 Å². The van der Waals surface area contributed by atoms with Gasteiger partial charge in [0.05, 0.1) is 18.7 Å². The number of pyridine rings is 1. The summed E-state index contributed by atoms with van der Waals surface area (Å²) in [7, 11) is 1.70. The summed E-state index contributed by atoms with van der Waals surface area (Å²) in [6, 6.07) is 16.5. The van der Waals surface area contributed by atoms with Gasteiger partial charge in [-0.05, 0) is 37.1 Å². The molecule has 164 valence electrons. The highest BCUT2D eigenvalue weighted by molar-refractivity contribution is 5.83. The van der Waals surface area contributed by atoms with Gasteiger partial charge in [-0.3, -0.25) is 4.98 Å². The summed E-state index contributed by atoms with van der Waals surface area (Å²) >= 11 is 0. The lowest BCUT2D eigenvalue weighted by molar-refractivity contribution is 0.172. The van der Waals surface area contributed by atoms with Gasteiger partial charge in [-0.2, -0.15) is 0 Å². The maximum atomic E-state index is 5.99. The summed E-state index contributed by atoms with van der Waals surface area (Å²) in [4.78, 5) is 9.32. The predicted octanol–water partition coefficient (Wildman–Crippen LogP) is 4.21. The van der Waals surface area contributed by atoms with Crippen molar-refractivity contribution in [3.05, 3.63) is 71.4 Å². The molecule has 0 atom stereocenters. The number of ether oxygens (including phenoxy) is 2. The van der Waals surface area contributed by atoms with E-state index in [1.807, 2.05) is 12.3 Å². The maximum absolute atomic E-state index is 5.99. The van der Waals surface area contributed by atoms with Crippen LogP contribution in [0, 0.1) is 6.92 Å². The highest BCUT2D eigenvalue weighted by Gasteiger charge is 2.07. The van der Waals surface area contributed by atoms with Gasteiger partial charge in [0.1, 0.15) is 5.75 Å². The molecule has 0 amide bonds. The molecule has 2 N–H and O–H groups in total. The number of aryl methyl sites for hydroxylation is 1. The molecule has 6 heteroatoms. The van der Waals surface area contributed by atoms with Crippen LogP contribution in [0.3, 0.4) is 0 Å².